The van der Waals surface area contributed by atoms with Gasteiger partial charge in [0.1, 0.15) is 11.6 Å². The molecule has 0 aliphatic carbocycles. The van der Waals surface area contributed by atoms with Crippen LogP contribution in [0.1, 0.15) is 6.92 Å². The predicted molar refractivity (Wildman–Crippen MR) is 62.7 cm³/mol. The van der Waals surface area contributed by atoms with Gasteiger partial charge in [-0.05, 0) is 30.3 Å². The van der Waals surface area contributed by atoms with Crippen molar-refractivity contribution >= 4 is 22.6 Å². The Morgan fingerprint density at radius 1 is 1.26 bits per heavy atom. The molecule has 1 aromatic heterocycles. The van der Waals surface area contributed by atoms with Gasteiger partial charge >= 0.3 is 6.36 Å². The predicted octanol–water partition coefficient (Wildman–Crippen LogP) is 3.09. The van der Waals surface area contributed by atoms with Gasteiger partial charge in [0, 0.05) is 12.3 Å². The number of fused-ring (bicyclic) bond motifs is 1. The minimum Gasteiger partial charge on any atom is -0.406 e. The SMILES string of the molecule is CC(=O)Nc1ccc2cc(OC(F)(F)F)ccc2n1. The molecule has 2 rings (SSSR count). The fourth-order valence-electron chi connectivity index (χ4n) is 1.55. The zero-order valence-electron chi connectivity index (χ0n) is 9.78. The summed E-state index contributed by atoms with van der Waals surface area (Å²) in [4.78, 5) is 14.9. The summed E-state index contributed by atoms with van der Waals surface area (Å²) >= 11 is 0. The van der Waals surface area contributed by atoms with Crippen LogP contribution in [0.25, 0.3) is 10.9 Å². The van der Waals surface area contributed by atoms with Crippen molar-refractivity contribution in [3.05, 3.63) is 30.3 Å². The molecule has 0 spiro atoms. The quantitative estimate of drug-likeness (QED) is 0.912. The second-order valence-electron chi connectivity index (χ2n) is 3.78. The second-order valence-corrected chi connectivity index (χ2v) is 3.78. The Morgan fingerprint density at radius 3 is 2.63 bits per heavy atom. The standard InChI is InChI=1S/C12H9F3N2O2/c1-7(18)16-11-5-2-8-6-9(19-12(13,14)15)3-4-10(8)17-11/h2-6H,1H3,(H,16,17,18). The third-order valence-electron chi connectivity index (χ3n) is 2.20. The van der Waals surface area contributed by atoms with Crippen molar-refractivity contribution in [1.82, 2.24) is 4.98 Å². The zero-order valence-corrected chi connectivity index (χ0v) is 9.78. The highest BCUT2D eigenvalue weighted by molar-refractivity contribution is 5.90. The monoisotopic (exact) mass is 270 g/mol. The number of hydrogen-bond donors (Lipinski definition) is 1. The largest absolute Gasteiger partial charge is 0.573 e. The smallest absolute Gasteiger partial charge is 0.406 e. The molecule has 1 heterocycles. The Hall–Kier alpha value is -2.31. The van der Waals surface area contributed by atoms with E-state index in [1.54, 1.807) is 6.07 Å². The number of halogens is 3. The molecule has 0 aliphatic heterocycles. The van der Waals surface area contributed by atoms with Crippen molar-refractivity contribution in [2.24, 2.45) is 0 Å². The number of aromatic nitrogens is 1. The van der Waals surface area contributed by atoms with Crippen LogP contribution >= 0.6 is 0 Å². The number of pyridine rings is 1. The average molecular weight is 270 g/mol. The number of carbonyl (C=O) groups is 1. The first kappa shape index (κ1) is 13.1. The molecule has 1 aromatic carbocycles. The lowest BCUT2D eigenvalue weighted by Gasteiger charge is -2.09. The number of carbonyl (C=O) groups excluding carboxylic acids is 1. The number of amides is 1. The van der Waals surface area contributed by atoms with E-state index in [2.05, 4.69) is 15.0 Å². The number of nitrogens with zero attached hydrogens (tertiary/aromatic N) is 1. The molecule has 0 aliphatic rings. The summed E-state index contributed by atoms with van der Waals surface area (Å²) in [7, 11) is 0. The molecular weight excluding hydrogens is 261 g/mol. The average Bonchev–Trinajstić information content (AvgIpc) is 2.26. The van der Waals surface area contributed by atoms with Crippen LogP contribution in [-0.4, -0.2) is 17.3 Å². The summed E-state index contributed by atoms with van der Waals surface area (Å²) < 4.78 is 40.0. The minimum absolute atomic E-state index is 0.274. The first-order valence-electron chi connectivity index (χ1n) is 5.28. The third-order valence-corrected chi connectivity index (χ3v) is 2.20. The van der Waals surface area contributed by atoms with Gasteiger partial charge in [-0.25, -0.2) is 4.98 Å². The van der Waals surface area contributed by atoms with Crippen molar-refractivity contribution in [2.75, 3.05) is 5.32 Å². The Labute approximate surface area is 106 Å². The van der Waals surface area contributed by atoms with Gasteiger partial charge in [0.05, 0.1) is 5.52 Å². The normalized spacial score (nSPS) is 11.4. The summed E-state index contributed by atoms with van der Waals surface area (Å²) in [5.41, 5.74) is 0.459. The van der Waals surface area contributed by atoms with Crippen molar-refractivity contribution in [2.45, 2.75) is 13.3 Å². The van der Waals surface area contributed by atoms with E-state index in [4.69, 9.17) is 0 Å². The van der Waals surface area contributed by atoms with Crippen molar-refractivity contribution < 1.29 is 22.7 Å². The fourth-order valence-corrected chi connectivity index (χ4v) is 1.55. The van der Waals surface area contributed by atoms with Crippen molar-refractivity contribution in [1.29, 1.82) is 0 Å². The molecule has 7 heteroatoms. The number of anilines is 1. The Morgan fingerprint density at radius 2 is 2.00 bits per heavy atom. The third kappa shape index (κ3) is 3.57. The summed E-state index contributed by atoms with van der Waals surface area (Å²) in [6.45, 7) is 1.34. The lowest BCUT2D eigenvalue weighted by atomic mass is 10.2. The second kappa shape index (κ2) is 4.75. The summed E-state index contributed by atoms with van der Waals surface area (Å²) in [6, 6.07) is 6.84. The van der Waals surface area contributed by atoms with E-state index in [1.807, 2.05) is 0 Å². The highest BCUT2D eigenvalue weighted by Crippen LogP contribution is 2.26. The van der Waals surface area contributed by atoms with Gasteiger partial charge in [-0.3, -0.25) is 4.79 Å². The minimum atomic E-state index is -4.72. The van der Waals surface area contributed by atoms with Gasteiger partial charge in [-0.1, -0.05) is 0 Å². The molecule has 19 heavy (non-hydrogen) atoms. The van der Waals surface area contributed by atoms with E-state index in [0.717, 1.165) is 0 Å². The van der Waals surface area contributed by atoms with E-state index in [0.29, 0.717) is 16.7 Å². The Kier molecular flexibility index (Phi) is 3.28. The van der Waals surface area contributed by atoms with E-state index in [-0.39, 0.29) is 11.7 Å². The van der Waals surface area contributed by atoms with Crippen molar-refractivity contribution in [3.63, 3.8) is 0 Å². The highest BCUT2D eigenvalue weighted by Gasteiger charge is 2.31. The van der Waals surface area contributed by atoms with Gasteiger partial charge in [0.15, 0.2) is 0 Å². The van der Waals surface area contributed by atoms with Gasteiger partial charge in [-0.2, -0.15) is 0 Å². The lowest BCUT2D eigenvalue weighted by molar-refractivity contribution is -0.274. The van der Waals surface area contributed by atoms with Gasteiger partial charge in [-0.15, -0.1) is 13.2 Å². The van der Waals surface area contributed by atoms with E-state index in [1.165, 1.54) is 31.2 Å². The summed E-state index contributed by atoms with van der Waals surface area (Å²) in [6.07, 6.45) is -4.72. The molecule has 1 amide bonds. The molecule has 0 unspecified atom stereocenters. The molecule has 0 saturated heterocycles. The fraction of sp³-hybridized carbons (Fsp3) is 0.167. The molecule has 100 valence electrons. The van der Waals surface area contributed by atoms with Crippen molar-refractivity contribution in [3.8, 4) is 5.75 Å². The van der Waals surface area contributed by atoms with E-state index in [9.17, 15) is 18.0 Å². The number of ether oxygens (including phenoxy) is 1. The molecule has 0 bridgehead atoms. The van der Waals surface area contributed by atoms with Crippen LogP contribution in [0.15, 0.2) is 30.3 Å². The first-order chi connectivity index (χ1) is 8.83. The highest BCUT2D eigenvalue weighted by atomic mass is 19.4. The van der Waals surface area contributed by atoms with Gasteiger partial charge < -0.3 is 10.1 Å². The maximum absolute atomic E-state index is 12.1. The zero-order chi connectivity index (χ0) is 14.0. The molecular formula is C12H9F3N2O2. The van der Waals surface area contributed by atoms with Crippen LogP contribution in [0.2, 0.25) is 0 Å². The number of benzene rings is 1. The van der Waals surface area contributed by atoms with E-state index >= 15 is 0 Å². The Balaban J connectivity index is 2.32. The van der Waals surface area contributed by atoms with Crippen LogP contribution in [0.3, 0.4) is 0 Å². The molecule has 4 nitrogen and oxygen atoms in total. The number of nitrogens with one attached hydrogen (secondary N) is 1. The number of rotatable bonds is 2. The van der Waals surface area contributed by atoms with Gasteiger partial charge in [0.25, 0.3) is 0 Å². The van der Waals surface area contributed by atoms with E-state index < -0.39 is 6.36 Å². The lowest BCUT2D eigenvalue weighted by Crippen LogP contribution is -2.17. The first-order valence-corrected chi connectivity index (χ1v) is 5.28. The molecule has 0 saturated carbocycles. The molecule has 1 N–H and O–H groups in total. The molecule has 0 fully saturated rings. The van der Waals surface area contributed by atoms with Gasteiger partial charge in [0.2, 0.25) is 5.91 Å². The van der Waals surface area contributed by atoms with Crippen LogP contribution < -0.4 is 10.1 Å². The van der Waals surface area contributed by atoms with Crippen LogP contribution in [0, 0.1) is 0 Å². The topological polar surface area (TPSA) is 51.2 Å². The molecule has 0 radical (unpaired) electrons. The van der Waals surface area contributed by atoms with Crippen LogP contribution in [0.5, 0.6) is 5.75 Å². The molecule has 2 aromatic rings. The van der Waals surface area contributed by atoms with Crippen LogP contribution in [0.4, 0.5) is 19.0 Å². The summed E-state index contributed by atoms with van der Waals surface area (Å²) in [5.74, 6) is -0.248. The number of alkyl halides is 3. The maximum Gasteiger partial charge on any atom is 0.573 e. The summed E-state index contributed by atoms with van der Waals surface area (Å²) in [5, 5.41) is 2.97. The Bertz CT molecular complexity index is 626. The maximum atomic E-state index is 12.1. The molecule has 0 atom stereocenters. The van der Waals surface area contributed by atoms with Crippen LogP contribution in [-0.2, 0) is 4.79 Å². The number of hydrogen-bond acceptors (Lipinski definition) is 3.